The molecule has 1 saturated heterocycles. The Morgan fingerprint density at radius 2 is 2.24 bits per heavy atom. The molecule has 1 fully saturated rings. The zero-order valence-electron chi connectivity index (χ0n) is 13.9. The Morgan fingerprint density at radius 1 is 1.36 bits per heavy atom. The van der Waals surface area contributed by atoms with Gasteiger partial charge in [0.15, 0.2) is 5.75 Å². The second-order valence-electron chi connectivity index (χ2n) is 5.73. The van der Waals surface area contributed by atoms with Gasteiger partial charge in [0.1, 0.15) is 5.75 Å². The summed E-state index contributed by atoms with van der Waals surface area (Å²) in [5.41, 5.74) is 6.19. The molecule has 0 spiro atoms. The first-order chi connectivity index (χ1) is 12.3. The maximum Gasteiger partial charge on any atom is 0.322 e. The summed E-state index contributed by atoms with van der Waals surface area (Å²) in [6.07, 6.45) is 4.03. The number of nitrogens with two attached hydrogens (primary N) is 1. The summed E-state index contributed by atoms with van der Waals surface area (Å²) in [4.78, 5) is 18.3. The molecule has 1 atom stereocenters. The van der Waals surface area contributed by atoms with Gasteiger partial charge in [0.05, 0.1) is 24.6 Å². The van der Waals surface area contributed by atoms with Crippen LogP contribution >= 0.6 is 0 Å². The standard InChI is InChI=1S/C18H22N4O3/c19-8-7-15-13-22(10-11-24-15)18(23)21-16-5-1-2-6-17(16)25-14-4-3-9-20-12-14/h1-6,9,12,15H,7-8,10-11,13,19H2,(H,21,23). The Balaban J connectivity index is 1.67. The van der Waals surface area contributed by atoms with Crippen LogP contribution < -0.4 is 15.8 Å². The monoisotopic (exact) mass is 342 g/mol. The largest absolute Gasteiger partial charge is 0.454 e. The maximum absolute atomic E-state index is 12.6. The van der Waals surface area contributed by atoms with Gasteiger partial charge in [-0.25, -0.2) is 4.79 Å². The first kappa shape index (κ1) is 17.2. The molecule has 0 saturated carbocycles. The number of pyridine rings is 1. The number of amides is 2. The Kier molecular flexibility index (Phi) is 5.81. The number of carbonyl (C=O) groups excluding carboxylic acids is 1. The van der Waals surface area contributed by atoms with Crippen LogP contribution in [-0.2, 0) is 4.74 Å². The highest BCUT2D eigenvalue weighted by Gasteiger charge is 2.24. The second-order valence-corrected chi connectivity index (χ2v) is 5.73. The van der Waals surface area contributed by atoms with Crippen LogP contribution in [0.3, 0.4) is 0 Å². The van der Waals surface area contributed by atoms with E-state index < -0.39 is 0 Å². The molecule has 1 aromatic heterocycles. The van der Waals surface area contributed by atoms with Crippen LogP contribution in [0.15, 0.2) is 48.8 Å². The molecule has 3 N–H and O–H groups in total. The summed E-state index contributed by atoms with van der Waals surface area (Å²) in [6.45, 7) is 2.15. The number of carbonyl (C=O) groups is 1. The highest BCUT2D eigenvalue weighted by atomic mass is 16.5. The Labute approximate surface area is 146 Å². The topological polar surface area (TPSA) is 89.7 Å². The van der Waals surface area contributed by atoms with E-state index in [0.717, 1.165) is 6.42 Å². The smallest absolute Gasteiger partial charge is 0.322 e. The van der Waals surface area contributed by atoms with Crippen molar-refractivity contribution in [3.8, 4) is 11.5 Å². The van der Waals surface area contributed by atoms with Gasteiger partial charge in [0.25, 0.3) is 0 Å². The first-order valence-corrected chi connectivity index (χ1v) is 8.31. The minimum absolute atomic E-state index is 0.00798. The molecule has 1 unspecified atom stereocenters. The average Bonchev–Trinajstić information content (AvgIpc) is 2.65. The van der Waals surface area contributed by atoms with Crippen molar-refractivity contribution in [3.05, 3.63) is 48.8 Å². The fourth-order valence-electron chi connectivity index (χ4n) is 2.65. The quantitative estimate of drug-likeness (QED) is 0.871. The molecule has 132 valence electrons. The number of para-hydroxylation sites is 2. The van der Waals surface area contributed by atoms with Gasteiger partial charge < -0.3 is 25.4 Å². The van der Waals surface area contributed by atoms with Gasteiger partial charge in [-0.1, -0.05) is 12.1 Å². The van der Waals surface area contributed by atoms with Crippen molar-refractivity contribution in [2.24, 2.45) is 5.73 Å². The third-order valence-corrected chi connectivity index (χ3v) is 3.91. The van der Waals surface area contributed by atoms with Gasteiger partial charge in [0.2, 0.25) is 0 Å². The molecule has 0 radical (unpaired) electrons. The summed E-state index contributed by atoms with van der Waals surface area (Å²) in [5, 5.41) is 2.92. The van der Waals surface area contributed by atoms with Crippen molar-refractivity contribution < 1.29 is 14.3 Å². The third-order valence-electron chi connectivity index (χ3n) is 3.91. The van der Waals surface area contributed by atoms with E-state index >= 15 is 0 Å². The molecule has 2 heterocycles. The van der Waals surface area contributed by atoms with Crippen molar-refractivity contribution in [3.63, 3.8) is 0 Å². The second kappa shape index (κ2) is 8.46. The van der Waals surface area contributed by atoms with Gasteiger partial charge >= 0.3 is 6.03 Å². The summed E-state index contributed by atoms with van der Waals surface area (Å²) >= 11 is 0. The fraction of sp³-hybridized carbons (Fsp3) is 0.333. The normalized spacial score (nSPS) is 17.2. The minimum atomic E-state index is -0.174. The molecule has 0 aliphatic carbocycles. The van der Waals surface area contributed by atoms with Gasteiger partial charge in [0, 0.05) is 19.3 Å². The SMILES string of the molecule is NCCC1CN(C(=O)Nc2ccccc2Oc2cccnc2)CCO1. The number of aromatic nitrogens is 1. The van der Waals surface area contributed by atoms with E-state index in [0.29, 0.717) is 43.4 Å². The van der Waals surface area contributed by atoms with Gasteiger partial charge in [-0.3, -0.25) is 4.98 Å². The number of benzene rings is 1. The lowest BCUT2D eigenvalue weighted by molar-refractivity contribution is -0.0146. The number of urea groups is 1. The maximum atomic E-state index is 12.6. The molecular formula is C18H22N4O3. The molecule has 7 heteroatoms. The minimum Gasteiger partial charge on any atom is -0.454 e. The molecule has 7 nitrogen and oxygen atoms in total. The van der Waals surface area contributed by atoms with E-state index in [1.165, 1.54) is 0 Å². The van der Waals surface area contributed by atoms with E-state index in [4.69, 9.17) is 15.2 Å². The van der Waals surface area contributed by atoms with Gasteiger partial charge in [-0.05, 0) is 37.2 Å². The molecule has 1 aliphatic rings. The van der Waals surface area contributed by atoms with Crippen LogP contribution in [0.2, 0.25) is 0 Å². The summed E-state index contributed by atoms with van der Waals surface area (Å²) in [7, 11) is 0. The summed E-state index contributed by atoms with van der Waals surface area (Å²) in [5.74, 6) is 1.18. The molecule has 2 amide bonds. The van der Waals surface area contributed by atoms with Crippen LogP contribution in [0.1, 0.15) is 6.42 Å². The number of ether oxygens (including phenoxy) is 2. The van der Waals surface area contributed by atoms with Crippen molar-refractivity contribution in [2.75, 3.05) is 31.6 Å². The van der Waals surface area contributed by atoms with E-state index in [-0.39, 0.29) is 12.1 Å². The summed E-state index contributed by atoms with van der Waals surface area (Å²) in [6, 6.07) is 10.7. The van der Waals surface area contributed by atoms with E-state index in [1.54, 1.807) is 35.5 Å². The predicted octanol–water partition coefficient (Wildman–Crippen LogP) is 2.46. The first-order valence-electron chi connectivity index (χ1n) is 8.31. The molecule has 0 bridgehead atoms. The zero-order valence-corrected chi connectivity index (χ0v) is 13.9. The van der Waals surface area contributed by atoms with Crippen LogP contribution in [0.4, 0.5) is 10.5 Å². The van der Waals surface area contributed by atoms with Crippen molar-refractivity contribution in [1.82, 2.24) is 9.88 Å². The number of rotatable bonds is 5. The number of morpholine rings is 1. The number of hydrogen-bond donors (Lipinski definition) is 2. The Bertz CT molecular complexity index is 694. The Morgan fingerprint density at radius 3 is 3.04 bits per heavy atom. The lowest BCUT2D eigenvalue weighted by Crippen LogP contribution is -2.47. The predicted molar refractivity (Wildman–Crippen MR) is 94.8 cm³/mol. The van der Waals surface area contributed by atoms with E-state index in [1.807, 2.05) is 18.2 Å². The lowest BCUT2D eigenvalue weighted by atomic mass is 10.2. The molecule has 1 aliphatic heterocycles. The van der Waals surface area contributed by atoms with Crippen LogP contribution in [0, 0.1) is 0 Å². The number of nitrogens with one attached hydrogen (secondary N) is 1. The molecule has 3 rings (SSSR count). The lowest BCUT2D eigenvalue weighted by Gasteiger charge is -2.33. The fourth-order valence-corrected chi connectivity index (χ4v) is 2.65. The third kappa shape index (κ3) is 4.68. The van der Waals surface area contributed by atoms with Crippen molar-refractivity contribution in [2.45, 2.75) is 12.5 Å². The zero-order chi connectivity index (χ0) is 17.5. The van der Waals surface area contributed by atoms with E-state index in [9.17, 15) is 4.79 Å². The molecule has 25 heavy (non-hydrogen) atoms. The van der Waals surface area contributed by atoms with Gasteiger partial charge in [-0.2, -0.15) is 0 Å². The molecule has 2 aromatic rings. The highest BCUT2D eigenvalue weighted by Crippen LogP contribution is 2.29. The summed E-state index contributed by atoms with van der Waals surface area (Å²) < 4.78 is 11.4. The number of hydrogen-bond acceptors (Lipinski definition) is 5. The average molecular weight is 342 g/mol. The Hall–Kier alpha value is -2.64. The van der Waals surface area contributed by atoms with E-state index in [2.05, 4.69) is 10.3 Å². The van der Waals surface area contributed by atoms with Crippen LogP contribution in [0.25, 0.3) is 0 Å². The van der Waals surface area contributed by atoms with Crippen LogP contribution in [0.5, 0.6) is 11.5 Å². The number of anilines is 1. The molecular weight excluding hydrogens is 320 g/mol. The number of nitrogens with zero attached hydrogens (tertiary/aromatic N) is 2. The van der Waals surface area contributed by atoms with Crippen molar-refractivity contribution in [1.29, 1.82) is 0 Å². The molecule has 1 aromatic carbocycles. The highest BCUT2D eigenvalue weighted by molar-refractivity contribution is 5.91. The van der Waals surface area contributed by atoms with Crippen LogP contribution in [-0.4, -0.2) is 48.3 Å². The van der Waals surface area contributed by atoms with Gasteiger partial charge in [-0.15, -0.1) is 0 Å². The van der Waals surface area contributed by atoms with Crippen molar-refractivity contribution >= 4 is 11.7 Å².